The molecule has 264 valence electrons. The van der Waals surface area contributed by atoms with E-state index in [4.69, 9.17) is 25.9 Å². The van der Waals surface area contributed by atoms with Gasteiger partial charge in [0.05, 0.1) is 28.2 Å². The van der Waals surface area contributed by atoms with Crippen molar-refractivity contribution in [2.75, 3.05) is 43.1 Å². The Labute approximate surface area is 292 Å². The number of nitrogens with two attached hydrogens (primary N) is 2. The van der Waals surface area contributed by atoms with E-state index in [-0.39, 0.29) is 68.4 Å². The van der Waals surface area contributed by atoms with Gasteiger partial charge in [-0.1, -0.05) is 12.1 Å². The molecule has 0 spiro atoms. The predicted octanol–water partition coefficient (Wildman–Crippen LogP) is 7.21. The van der Waals surface area contributed by atoms with Gasteiger partial charge in [-0.15, -0.1) is 11.3 Å². The van der Waals surface area contributed by atoms with E-state index in [1.807, 2.05) is 13.1 Å². The maximum Gasteiger partial charge on any atom is 0.420 e. The zero-order valence-corrected chi connectivity index (χ0v) is 28.3. The predicted molar refractivity (Wildman–Crippen MR) is 183 cm³/mol. The number of fused-ring (bicyclic) bond motifs is 1. The van der Waals surface area contributed by atoms with E-state index < -0.39 is 51.8 Å². The third kappa shape index (κ3) is 5.16. The van der Waals surface area contributed by atoms with E-state index in [0.717, 1.165) is 31.5 Å². The van der Waals surface area contributed by atoms with Gasteiger partial charge in [-0.3, -0.25) is 4.90 Å². The minimum absolute atomic E-state index is 0.0287. The first-order valence-electron chi connectivity index (χ1n) is 16.4. The zero-order valence-electron chi connectivity index (χ0n) is 27.4. The third-order valence-electron chi connectivity index (χ3n) is 10.3. The van der Waals surface area contributed by atoms with Crippen LogP contribution < -0.4 is 25.8 Å². The minimum Gasteiger partial charge on any atom is -0.490 e. The summed E-state index contributed by atoms with van der Waals surface area (Å²) in [7, 11) is 2.00. The minimum atomic E-state index is -5.19. The summed E-state index contributed by atoms with van der Waals surface area (Å²) in [5.74, 6) is -2.70. The van der Waals surface area contributed by atoms with Crippen LogP contribution in [0.2, 0.25) is 0 Å². The molecule has 4 N–H and O–H groups in total. The maximum absolute atomic E-state index is 17.4. The van der Waals surface area contributed by atoms with Gasteiger partial charge in [0.25, 0.3) is 0 Å². The summed E-state index contributed by atoms with van der Waals surface area (Å²) in [6.45, 7) is 2.43. The molecule has 3 aliphatic rings. The summed E-state index contributed by atoms with van der Waals surface area (Å²) in [5, 5.41) is 9.26. The molecule has 16 heteroatoms. The van der Waals surface area contributed by atoms with E-state index in [1.165, 1.54) is 6.20 Å². The molecule has 0 bridgehead atoms. The molecule has 3 aromatic heterocycles. The van der Waals surface area contributed by atoms with Gasteiger partial charge in [0, 0.05) is 28.8 Å². The highest BCUT2D eigenvalue weighted by Gasteiger charge is 2.55. The van der Waals surface area contributed by atoms with E-state index in [1.54, 1.807) is 24.0 Å². The molecule has 0 unspecified atom stereocenters. The van der Waals surface area contributed by atoms with Gasteiger partial charge in [-0.2, -0.15) is 28.4 Å². The van der Waals surface area contributed by atoms with Gasteiger partial charge in [0.15, 0.2) is 5.82 Å². The average Bonchev–Trinajstić information content (AvgIpc) is 3.64. The van der Waals surface area contributed by atoms with Crippen LogP contribution in [-0.2, 0) is 6.18 Å². The van der Waals surface area contributed by atoms with Crippen LogP contribution in [0.3, 0.4) is 0 Å². The number of benzene rings is 2. The molecule has 1 saturated heterocycles. The number of hydrogen-bond donors (Lipinski definition) is 2. The number of rotatable bonds is 6. The van der Waals surface area contributed by atoms with Crippen LogP contribution in [0, 0.1) is 23.0 Å². The molecule has 2 atom stereocenters. The third-order valence-corrected chi connectivity index (χ3v) is 11.3. The van der Waals surface area contributed by atoms with Crippen molar-refractivity contribution in [2.24, 2.45) is 0 Å². The summed E-state index contributed by atoms with van der Waals surface area (Å²) in [6.07, 6.45) is -0.433. The normalized spacial score (nSPS) is 19.2. The van der Waals surface area contributed by atoms with Gasteiger partial charge in [-0.05, 0) is 63.9 Å². The largest absolute Gasteiger partial charge is 0.490 e. The second-order valence-corrected chi connectivity index (χ2v) is 14.2. The monoisotopic (exact) mass is 722 g/mol. The number of anilines is 3. The van der Waals surface area contributed by atoms with Crippen LogP contribution in [-0.4, -0.2) is 58.2 Å². The van der Waals surface area contributed by atoms with Crippen molar-refractivity contribution in [1.82, 2.24) is 19.9 Å². The van der Waals surface area contributed by atoms with Gasteiger partial charge < -0.3 is 25.8 Å². The number of likely N-dealkylation sites (N-methyl/N-ethyl adjacent to an activating group) is 1. The Morgan fingerprint density at radius 2 is 1.92 bits per heavy atom. The Bertz CT molecular complexity index is 2290. The van der Waals surface area contributed by atoms with Crippen LogP contribution in [0.1, 0.15) is 55.3 Å². The molecule has 0 radical (unpaired) electrons. The maximum atomic E-state index is 17.4. The first kappa shape index (κ1) is 33.2. The number of aromatic nitrogens is 3. The number of hydrogen-bond acceptors (Lipinski definition) is 11. The van der Waals surface area contributed by atoms with Gasteiger partial charge in [-0.25, -0.2) is 13.8 Å². The number of ether oxygens (including phenoxy) is 2. The molecule has 8 rings (SSSR count). The first-order valence-corrected chi connectivity index (χ1v) is 17.2. The number of pyridine rings is 1. The van der Waals surface area contributed by atoms with Crippen LogP contribution >= 0.6 is 11.3 Å². The summed E-state index contributed by atoms with van der Waals surface area (Å²) in [5.41, 5.74) is 8.65. The number of likely N-dealkylation sites (tertiary alicyclic amines) is 1. The number of halogens is 5. The Hall–Kier alpha value is -5.01. The lowest BCUT2D eigenvalue weighted by Crippen LogP contribution is -2.42. The number of alkyl halides is 3. The molecule has 51 heavy (non-hydrogen) atoms. The summed E-state index contributed by atoms with van der Waals surface area (Å²) < 4.78 is 91.0. The fraction of sp³-hybridized carbons (Fsp3) is 0.371. The molecule has 2 aliphatic heterocycles. The molecule has 1 saturated carbocycles. The lowest BCUT2D eigenvalue weighted by atomic mass is 9.91. The number of thiophene rings is 1. The summed E-state index contributed by atoms with van der Waals surface area (Å²) in [4.78, 5) is 17.3. The summed E-state index contributed by atoms with van der Waals surface area (Å²) >= 11 is 0.693. The van der Waals surface area contributed by atoms with Gasteiger partial charge in [0.2, 0.25) is 0 Å². The van der Waals surface area contributed by atoms with Gasteiger partial charge >= 0.3 is 12.2 Å². The standard InChI is InChI=1S/C35H31F5N8O2S/c1-16(17-5-3-11-44-30(17)42)48-13-14-49-28-24-27(45-33(46-32(24)48)50-34(9-10-34)21-6-4-12-47(21)2)26(37)23(25(28)35(38,39)40)18-7-8-20(36)29-22(18)19(15-41)31(43)51-29/h3,5,7-8,11,16,21H,4,6,9-10,12-14,43H2,1-2H3,(H2,42,44)/t16-,21-/m1/s1. The fourth-order valence-corrected chi connectivity index (χ4v) is 8.71. The van der Waals surface area contributed by atoms with Crippen molar-refractivity contribution >= 4 is 49.0 Å². The molecule has 10 nitrogen and oxygen atoms in total. The SMILES string of the molecule is C[C@H](c1cccnc1N)N1CCOc2c(C(F)(F)F)c(-c3ccc(F)c4sc(N)c(C#N)c34)c(F)c3nc(OC4([C@H]5CCCN5C)CC4)nc1c23. The molecule has 2 aromatic carbocycles. The highest BCUT2D eigenvalue weighted by Crippen LogP contribution is 2.54. The molecule has 1 aliphatic carbocycles. The Morgan fingerprint density at radius 1 is 1.14 bits per heavy atom. The first-order chi connectivity index (χ1) is 24.3. The van der Waals surface area contributed by atoms with Crippen molar-refractivity contribution in [2.45, 2.75) is 56.5 Å². The van der Waals surface area contributed by atoms with E-state index >= 15 is 22.0 Å². The van der Waals surface area contributed by atoms with E-state index in [2.05, 4.69) is 14.9 Å². The molecular weight excluding hydrogens is 691 g/mol. The van der Waals surface area contributed by atoms with E-state index in [0.29, 0.717) is 29.7 Å². The molecule has 0 amide bonds. The quantitative estimate of drug-likeness (QED) is 0.173. The van der Waals surface area contributed by atoms with Crippen LogP contribution in [0.5, 0.6) is 11.8 Å². The lowest BCUT2D eigenvalue weighted by Gasteiger charge is -2.32. The fourth-order valence-electron chi connectivity index (χ4n) is 7.76. The number of nitrogen functional groups attached to an aromatic ring is 2. The molecule has 5 heterocycles. The number of nitriles is 1. The molecule has 5 aromatic rings. The van der Waals surface area contributed by atoms with Crippen molar-refractivity contribution in [3.05, 3.63) is 58.8 Å². The number of nitrogens with zero attached hydrogens (tertiary/aromatic N) is 6. The second kappa shape index (κ2) is 11.8. The highest BCUT2D eigenvalue weighted by atomic mass is 32.1. The van der Waals surface area contributed by atoms with Crippen LogP contribution in [0.25, 0.3) is 32.1 Å². The Kier molecular flexibility index (Phi) is 7.65. The van der Waals surface area contributed by atoms with Crippen molar-refractivity contribution < 1.29 is 31.4 Å². The van der Waals surface area contributed by atoms with Crippen LogP contribution in [0.15, 0.2) is 30.5 Å². The lowest BCUT2D eigenvalue weighted by molar-refractivity contribution is -0.138. The average molecular weight is 723 g/mol. The Morgan fingerprint density at radius 3 is 2.59 bits per heavy atom. The van der Waals surface area contributed by atoms with Crippen LogP contribution in [0.4, 0.5) is 38.6 Å². The topological polar surface area (TPSA) is 139 Å². The summed E-state index contributed by atoms with van der Waals surface area (Å²) in [6, 6.07) is 6.47. The van der Waals surface area contributed by atoms with Crippen molar-refractivity contribution in [1.29, 1.82) is 5.26 Å². The van der Waals surface area contributed by atoms with Gasteiger partial charge in [0.1, 0.15) is 57.6 Å². The molecule has 2 fully saturated rings. The van der Waals surface area contributed by atoms with E-state index in [9.17, 15) is 5.26 Å². The van der Waals surface area contributed by atoms with Crippen molar-refractivity contribution in [3.63, 3.8) is 0 Å². The smallest absolute Gasteiger partial charge is 0.420 e. The highest BCUT2D eigenvalue weighted by molar-refractivity contribution is 7.23. The Balaban J connectivity index is 1.45. The molecular formula is C35H31F5N8O2S. The van der Waals surface area contributed by atoms with Crippen molar-refractivity contribution in [3.8, 4) is 29.0 Å². The zero-order chi connectivity index (χ0) is 36.0. The second-order valence-electron chi connectivity index (χ2n) is 13.2.